The summed E-state index contributed by atoms with van der Waals surface area (Å²) in [5.41, 5.74) is 7.95. The van der Waals surface area contributed by atoms with E-state index in [0.29, 0.717) is 6.04 Å². The molecule has 1 aliphatic heterocycles. The molecule has 0 aromatic carbocycles. The number of pyridine rings is 1. The molecule has 0 amide bonds. The van der Waals surface area contributed by atoms with Gasteiger partial charge in [0.25, 0.3) is 0 Å². The molecular formula is C9H13IN4. The van der Waals surface area contributed by atoms with Gasteiger partial charge in [-0.05, 0) is 22.6 Å². The fourth-order valence-corrected chi connectivity index (χ4v) is 2.08. The minimum Gasteiger partial charge on any atom is -0.398 e. The van der Waals surface area contributed by atoms with Crippen LogP contribution < -0.4 is 16.4 Å². The van der Waals surface area contributed by atoms with Crippen LogP contribution in [0.2, 0.25) is 0 Å². The Morgan fingerprint density at radius 3 is 3.00 bits per heavy atom. The van der Waals surface area contributed by atoms with Crippen molar-refractivity contribution in [3.05, 3.63) is 21.5 Å². The van der Waals surface area contributed by atoms with E-state index < -0.39 is 0 Å². The largest absolute Gasteiger partial charge is 0.398 e. The van der Waals surface area contributed by atoms with Crippen LogP contribution in [0.5, 0.6) is 0 Å². The third-order valence-electron chi connectivity index (χ3n) is 2.39. The lowest BCUT2D eigenvalue weighted by Gasteiger charge is -2.25. The minimum absolute atomic E-state index is 0.297. The van der Waals surface area contributed by atoms with Crippen LogP contribution >= 0.6 is 22.6 Å². The topological polar surface area (TPSA) is 63.0 Å². The molecule has 0 aliphatic carbocycles. The molecule has 0 saturated carbocycles. The van der Waals surface area contributed by atoms with E-state index in [2.05, 4.69) is 38.2 Å². The fraction of sp³-hybridized carbons (Fsp3) is 0.444. The maximum absolute atomic E-state index is 6.00. The first-order valence-corrected chi connectivity index (χ1v) is 5.70. The van der Waals surface area contributed by atoms with Gasteiger partial charge in [-0.1, -0.05) is 0 Å². The number of nitrogens with zero attached hydrogens (tertiary/aromatic N) is 1. The molecule has 76 valence electrons. The predicted octanol–water partition coefficient (Wildman–Crippen LogP) is 0.502. The second-order valence-electron chi connectivity index (χ2n) is 3.34. The van der Waals surface area contributed by atoms with Crippen molar-refractivity contribution in [3.63, 3.8) is 0 Å². The first-order chi connectivity index (χ1) is 6.79. The van der Waals surface area contributed by atoms with Crippen molar-refractivity contribution in [3.8, 4) is 0 Å². The van der Waals surface area contributed by atoms with Gasteiger partial charge in [0.2, 0.25) is 0 Å². The lowest BCUT2D eigenvalue weighted by atomic mass is 10.1. The summed E-state index contributed by atoms with van der Waals surface area (Å²) in [7, 11) is 0. The highest BCUT2D eigenvalue weighted by molar-refractivity contribution is 14.1. The quantitative estimate of drug-likeness (QED) is 0.661. The standard InChI is InChI=1S/C9H13IN4/c10-7-4-13-3-6(9(7)11)8-5-12-1-2-14-8/h3-4,8,12,14H,1-2,5H2,(H2,11,13). The van der Waals surface area contributed by atoms with Crippen LogP contribution in [0.1, 0.15) is 11.6 Å². The number of nitrogens with two attached hydrogens (primary N) is 1. The van der Waals surface area contributed by atoms with Crippen molar-refractivity contribution in [2.24, 2.45) is 0 Å². The van der Waals surface area contributed by atoms with Crippen LogP contribution in [0, 0.1) is 3.57 Å². The Balaban J connectivity index is 2.26. The van der Waals surface area contributed by atoms with Crippen molar-refractivity contribution < 1.29 is 0 Å². The Morgan fingerprint density at radius 1 is 1.43 bits per heavy atom. The van der Waals surface area contributed by atoms with E-state index in [9.17, 15) is 0 Å². The number of nitrogen functional groups attached to an aromatic ring is 1. The normalized spacial score (nSPS) is 22.2. The summed E-state index contributed by atoms with van der Waals surface area (Å²) in [5.74, 6) is 0. The maximum Gasteiger partial charge on any atom is 0.0546 e. The van der Waals surface area contributed by atoms with Crippen molar-refractivity contribution in [2.75, 3.05) is 25.4 Å². The summed E-state index contributed by atoms with van der Waals surface area (Å²) >= 11 is 2.21. The molecule has 2 heterocycles. The van der Waals surface area contributed by atoms with E-state index in [1.165, 1.54) is 0 Å². The van der Waals surface area contributed by atoms with Gasteiger partial charge in [0.05, 0.1) is 9.26 Å². The Labute approximate surface area is 96.8 Å². The van der Waals surface area contributed by atoms with Crippen LogP contribution in [0.4, 0.5) is 5.69 Å². The van der Waals surface area contributed by atoms with Gasteiger partial charge in [-0.2, -0.15) is 0 Å². The van der Waals surface area contributed by atoms with E-state index in [1.54, 1.807) is 6.20 Å². The van der Waals surface area contributed by atoms with Gasteiger partial charge in [-0.3, -0.25) is 4.98 Å². The summed E-state index contributed by atoms with van der Waals surface area (Å²) < 4.78 is 1.02. The number of hydrogen-bond donors (Lipinski definition) is 3. The molecule has 1 aliphatic rings. The van der Waals surface area contributed by atoms with Crippen molar-refractivity contribution in [2.45, 2.75) is 6.04 Å². The molecular weight excluding hydrogens is 291 g/mol. The van der Waals surface area contributed by atoms with Crippen LogP contribution in [0.3, 0.4) is 0 Å². The molecule has 5 heteroatoms. The maximum atomic E-state index is 6.00. The second kappa shape index (κ2) is 4.41. The van der Waals surface area contributed by atoms with Gasteiger partial charge >= 0.3 is 0 Å². The van der Waals surface area contributed by atoms with Crippen molar-refractivity contribution in [1.29, 1.82) is 0 Å². The Kier molecular flexibility index (Phi) is 3.19. The van der Waals surface area contributed by atoms with Gasteiger partial charge in [0.15, 0.2) is 0 Å². The number of nitrogens with one attached hydrogen (secondary N) is 2. The molecule has 1 fully saturated rings. The van der Waals surface area contributed by atoms with Crippen molar-refractivity contribution in [1.82, 2.24) is 15.6 Å². The highest BCUT2D eigenvalue weighted by atomic mass is 127. The lowest BCUT2D eigenvalue weighted by molar-refractivity contribution is 0.430. The summed E-state index contributed by atoms with van der Waals surface area (Å²) in [6.45, 7) is 2.93. The molecule has 1 aromatic rings. The number of piperazine rings is 1. The highest BCUT2D eigenvalue weighted by Gasteiger charge is 2.17. The fourth-order valence-electron chi connectivity index (χ4n) is 1.61. The van der Waals surface area contributed by atoms with E-state index in [-0.39, 0.29) is 0 Å². The van der Waals surface area contributed by atoms with Crippen molar-refractivity contribution >= 4 is 28.3 Å². The number of rotatable bonds is 1. The average Bonchev–Trinajstić information content (AvgIpc) is 2.23. The Morgan fingerprint density at radius 2 is 2.29 bits per heavy atom. The first-order valence-electron chi connectivity index (χ1n) is 4.62. The zero-order chi connectivity index (χ0) is 9.97. The third kappa shape index (κ3) is 1.99. The van der Waals surface area contributed by atoms with Gasteiger partial charge in [0, 0.05) is 43.6 Å². The Hall–Kier alpha value is -0.400. The molecule has 2 rings (SSSR count). The van der Waals surface area contributed by atoms with Crippen LogP contribution in [-0.2, 0) is 0 Å². The van der Waals surface area contributed by atoms with Gasteiger partial charge < -0.3 is 16.4 Å². The zero-order valence-electron chi connectivity index (χ0n) is 7.76. The molecule has 0 bridgehead atoms. The number of halogens is 1. The van der Waals surface area contributed by atoms with E-state index in [4.69, 9.17) is 5.73 Å². The molecule has 1 atom stereocenters. The molecule has 1 aromatic heterocycles. The van der Waals surface area contributed by atoms with Crippen LogP contribution in [0.15, 0.2) is 12.4 Å². The number of anilines is 1. The SMILES string of the molecule is Nc1c(I)cncc1C1CNCCN1. The van der Waals surface area contributed by atoms with E-state index in [0.717, 1.165) is 34.5 Å². The highest BCUT2D eigenvalue weighted by Crippen LogP contribution is 2.24. The van der Waals surface area contributed by atoms with Gasteiger partial charge in [0.1, 0.15) is 0 Å². The molecule has 0 radical (unpaired) electrons. The average molecular weight is 304 g/mol. The first kappa shape index (κ1) is 10.1. The van der Waals surface area contributed by atoms with E-state index >= 15 is 0 Å². The van der Waals surface area contributed by atoms with Gasteiger partial charge in [-0.25, -0.2) is 0 Å². The second-order valence-corrected chi connectivity index (χ2v) is 4.50. The summed E-state index contributed by atoms with van der Waals surface area (Å²) in [6, 6.07) is 0.297. The zero-order valence-corrected chi connectivity index (χ0v) is 9.91. The molecule has 4 nitrogen and oxygen atoms in total. The number of aromatic nitrogens is 1. The summed E-state index contributed by atoms with van der Waals surface area (Å²) in [5, 5.41) is 6.75. The molecule has 1 unspecified atom stereocenters. The molecule has 4 N–H and O–H groups in total. The van der Waals surface area contributed by atoms with Crippen LogP contribution in [-0.4, -0.2) is 24.6 Å². The molecule has 14 heavy (non-hydrogen) atoms. The monoisotopic (exact) mass is 304 g/mol. The Bertz CT molecular complexity index is 323. The molecule has 0 spiro atoms. The third-order valence-corrected chi connectivity index (χ3v) is 3.25. The van der Waals surface area contributed by atoms with E-state index in [1.807, 2.05) is 6.20 Å². The predicted molar refractivity (Wildman–Crippen MR) is 65.0 cm³/mol. The summed E-state index contributed by atoms with van der Waals surface area (Å²) in [4.78, 5) is 4.16. The molecule has 1 saturated heterocycles. The summed E-state index contributed by atoms with van der Waals surface area (Å²) in [6.07, 6.45) is 3.64. The minimum atomic E-state index is 0.297. The van der Waals surface area contributed by atoms with Gasteiger partial charge in [-0.15, -0.1) is 0 Å². The number of hydrogen-bond acceptors (Lipinski definition) is 4. The lowest BCUT2D eigenvalue weighted by Crippen LogP contribution is -2.42. The van der Waals surface area contributed by atoms with Crippen LogP contribution in [0.25, 0.3) is 0 Å². The smallest absolute Gasteiger partial charge is 0.0546 e.